The number of rotatable bonds is 4. The van der Waals surface area contributed by atoms with E-state index >= 15 is 0 Å². The molecule has 1 aliphatic carbocycles. The lowest BCUT2D eigenvalue weighted by Crippen LogP contribution is -2.25. The summed E-state index contributed by atoms with van der Waals surface area (Å²) < 4.78 is 1.91. The van der Waals surface area contributed by atoms with Gasteiger partial charge in [0.2, 0.25) is 0 Å². The highest BCUT2D eigenvalue weighted by Gasteiger charge is 2.29. The first-order valence-corrected chi connectivity index (χ1v) is 6.94. The second kappa shape index (κ2) is 4.82. The van der Waals surface area contributed by atoms with E-state index in [4.69, 9.17) is 0 Å². The quantitative estimate of drug-likeness (QED) is 0.910. The van der Waals surface area contributed by atoms with E-state index in [1.54, 1.807) is 0 Å². The maximum Gasteiger partial charge on any atom is 0.0641 e. The number of benzene rings is 1. The summed E-state index contributed by atoms with van der Waals surface area (Å²) in [5.41, 5.74) is 5.51. The van der Waals surface area contributed by atoms with E-state index in [-0.39, 0.29) is 0 Å². The molecular formula is C16H21N3. The predicted octanol–water partition coefficient (Wildman–Crippen LogP) is 2.72. The van der Waals surface area contributed by atoms with E-state index in [1.165, 1.54) is 23.1 Å². The van der Waals surface area contributed by atoms with Crippen LogP contribution in [-0.2, 0) is 13.5 Å². The Morgan fingerprint density at radius 1 is 1.42 bits per heavy atom. The van der Waals surface area contributed by atoms with Crippen LogP contribution in [0.25, 0.3) is 0 Å². The van der Waals surface area contributed by atoms with E-state index in [2.05, 4.69) is 47.8 Å². The van der Waals surface area contributed by atoms with Crippen LogP contribution < -0.4 is 5.32 Å². The molecule has 1 N–H and O–H groups in total. The Labute approximate surface area is 114 Å². The van der Waals surface area contributed by atoms with Crippen molar-refractivity contribution in [2.45, 2.75) is 31.7 Å². The van der Waals surface area contributed by atoms with Gasteiger partial charge in [-0.2, -0.15) is 5.10 Å². The normalized spacial score (nSPS) is 18.8. The molecule has 0 bridgehead atoms. The zero-order valence-corrected chi connectivity index (χ0v) is 11.9. The molecule has 2 unspecified atom stereocenters. The second-order valence-corrected chi connectivity index (χ2v) is 5.52. The van der Waals surface area contributed by atoms with Gasteiger partial charge >= 0.3 is 0 Å². The third-order valence-electron chi connectivity index (χ3n) is 4.26. The van der Waals surface area contributed by atoms with Gasteiger partial charge in [-0.15, -0.1) is 0 Å². The molecule has 0 aliphatic heterocycles. The molecule has 2 atom stereocenters. The van der Waals surface area contributed by atoms with Crippen molar-refractivity contribution in [3.8, 4) is 0 Å². The molecular weight excluding hydrogens is 234 g/mol. The molecule has 1 aromatic heterocycles. The van der Waals surface area contributed by atoms with E-state index < -0.39 is 0 Å². The lowest BCUT2D eigenvalue weighted by Gasteiger charge is -2.33. The van der Waals surface area contributed by atoms with Crippen molar-refractivity contribution in [2.24, 2.45) is 7.05 Å². The summed E-state index contributed by atoms with van der Waals surface area (Å²) >= 11 is 0. The number of fused-ring (bicyclic) bond motifs is 1. The van der Waals surface area contributed by atoms with Crippen molar-refractivity contribution < 1.29 is 0 Å². The SMILES string of the molecule is CNC(CC1Cc2ccccc21)c1cn(C)nc1C. The molecule has 2 aromatic rings. The Morgan fingerprint density at radius 3 is 2.84 bits per heavy atom. The number of nitrogens with zero attached hydrogens (tertiary/aromatic N) is 2. The van der Waals surface area contributed by atoms with Gasteiger partial charge in [0, 0.05) is 24.8 Å². The summed E-state index contributed by atoms with van der Waals surface area (Å²) in [6.07, 6.45) is 4.51. The summed E-state index contributed by atoms with van der Waals surface area (Å²) in [4.78, 5) is 0. The minimum absolute atomic E-state index is 0.395. The van der Waals surface area contributed by atoms with Crippen molar-refractivity contribution in [1.82, 2.24) is 15.1 Å². The Morgan fingerprint density at radius 2 is 2.21 bits per heavy atom. The van der Waals surface area contributed by atoms with Gasteiger partial charge in [-0.1, -0.05) is 24.3 Å². The van der Waals surface area contributed by atoms with Crippen LogP contribution in [0.4, 0.5) is 0 Å². The van der Waals surface area contributed by atoms with Crippen LogP contribution in [0.5, 0.6) is 0 Å². The molecule has 100 valence electrons. The van der Waals surface area contributed by atoms with Gasteiger partial charge in [0.1, 0.15) is 0 Å². The van der Waals surface area contributed by atoms with Crippen LogP contribution in [0.2, 0.25) is 0 Å². The monoisotopic (exact) mass is 255 g/mol. The first-order valence-electron chi connectivity index (χ1n) is 6.94. The largest absolute Gasteiger partial charge is 0.313 e. The maximum absolute atomic E-state index is 4.45. The Kier molecular flexibility index (Phi) is 3.15. The molecule has 3 nitrogen and oxygen atoms in total. The van der Waals surface area contributed by atoms with Gasteiger partial charge in [0.05, 0.1) is 5.69 Å². The second-order valence-electron chi connectivity index (χ2n) is 5.52. The molecule has 0 amide bonds. The fraction of sp³-hybridized carbons (Fsp3) is 0.438. The highest BCUT2D eigenvalue weighted by Crippen LogP contribution is 2.40. The fourth-order valence-corrected chi connectivity index (χ4v) is 3.22. The number of hydrogen-bond acceptors (Lipinski definition) is 2. The van der Waals surface area contributed by atoms with E-state index in [1.807, 2.05) is 18.8 Å². The summed E-state index contributed by atoms with van der Waals surface area (Å²) in [5, 5.41) is 7.90. The van der Waals surface area contributed by atoms with E-state index in [0.29, 0.717) is 12.0 Å². The third kappa shape index (κ3) is 2.19. The van der Waals surface area contributed by atoms with Crippen molar-refractivity contribution in [3.05, 3.63) is 52.8 Å². The Balaban J connectivity index is 1.77. The number of hydrogen-bond donors (Lipinski definition) is 1. The van der Waals surface area contributed by atoms with Crippen LogP contribution in [0, 0.1) is 6.92 Å². The summed E-state index contributed by atoms with van der Waals surface area (Å²) in [5.74, 6) is 0.688. The lowest BCUT2D eigenvalue weighted by atomic mass is 9.74. The van der Waals surface area contributed by atoms with Crippen molar-refractivity contribution in [2.75, 3.05) is 7.05 Å². The molecule has 0 spiro atoms. The van der Waals surface area contributed by atoms with E-state index in [0.717, 1.165) is 12.1 Å². The van der Waals surface area contributed by atoms with Gasteiger partial charge in [-0.05, 0) is 43.9 Å². The first-order chi connectivity index (χ1) is 9.19. The average molecular weight is 255 g/mol. The Bertz CT molecular complexity index is 585. The Hall–Kier alpha value is -1.61. The predicted molar refractivity (Wildman–Crippen MR) is 77.2 cm³/mol. The first kappa shape index (κ1) is 12.4. The molecule has 0 fully saturated rings. The summed E-state index contributed by atoms with van der Waals surface area (Å²) in [6, 6.07) is 9.19. The van der Waals surface area contributed by atoms with E-state index in [9.17, 15) is 0 Å². The van der Waals surface area contributed by atoms with Crippen LogP contribution >= 0.6 is 0 Å². The molecule has 3 rings (SSSR count). The topological polar surface area (TPSA) is 29.9 Å². The molecule has 3 heteroatoms. The summed E-state index contributed by atoms with van der Waals surface area (Å²) in [6.45, 7) is 2.09. The van der Waals surface area contributed by atoms with Gasteiger partial charge in [0.15, 0.2) is 0 Å². The zero-order valence-electron chi connectivity index (χ0n) is 11.9. The van der Waals surface area contributed by atoms with Crippen molar-refractivity contribution >= 4 is 0 Å². The number of nitrogens with one attached hydrogen (secondary N) is 1. The van der Waals surface area contributed by atoms with Crippen LogP contribution in [0.1, 0.15) is 40.8 Å². The molecule has 1 aliphatic rings. The van der Waals surface area contributed by atoms with Gasteiger partial charge < -0.3 is 5.32 Å². The molecule has 0 saturated carbocycles. The summed E-state index contributed by atoms with van der Waals surface area (Å²) in [7, 11) is 4.03. The van der Waals surface area contributed by atoms with Crippen LogP contribution in [0.15, 0.2) is 30.5 Å². The maximum atomic E-state index is 4.45. The smallest absolute Gasteiger partial charge is 0.0641 e. The van der Waals surface area contributed by atoms with Crippen LogP contribution in [-0.4, -0.2) is 16.8 Å². The number of aromatic nitrogens is 2. The van der Waals surface area contributed by atoms with Crippen molar-refractivity contribution in [1.29, 1.82) is 0 Å². The van der Waals surface area contributed by atoms with Crippen LogP contribution in [0.3, 0.4) is 0 Å². The van der Waals surface area contributed by atoms with Gasteiger partial charge in [0.25, 0.3) is 0 Å². The lowest BCUT2D eigenvalue weighted by molar-refractivity contribution is 0.451. The minimum Gasteiger partial charge on any atom is -0.313 e. The standard InChI is InChI=1S/C16H21N3/c1-11-15(10-19(3)18-11)16(17-2)9-13-8-12-6-4-5-7-14(12)13/h4-7,10,13,16-17H,8-9H2,1-3H3. The highest BCUT2D eigenvalue weighted by molar-refractivity contribution is 5.40. The third-order valence-corrected chi connectivity index (χ3v) is 4.26. The molecule has 1 heterocycles. The number of aryl methyl sites for hydroxylation is 2. The molecule has 0 saturated heterocycles. The van der Waals surface area contributed by atoms with Crippen molar-refractivity contribution in [3.63, 3.8) is 0 Å². The molecule has 0 radical (unpaired) electrons. The molecule has 19 heavy (non-hydrogen) atoms. The van der Waals surface area contributed by atoms with Gasteiger partial charge in [-0.25, -0.2) is 0 Å². The highest BCUT2D eigenvalue weighted by atomic mass is 15.3. The fourth-order valence-electron chi connectivity index (χ4n) is 3.22. The zero-order chi connectivity index (χ0) is 13.4. The average Bonchev–Trinajstić information content (AvgIpc) is 2.70. The van der Waals surface area contributed by atoms with Gasteiger partial charge in [-0.3, -0.25) is 4.68 Å². The minimum atomic E-state index is 0.395. The molecule has 1 aromatic carbocycles.